The number of amides is 1. The average molecular weight is 284 g/mol. The summed E-state index contributed by atoms with van der Waals surface area (Å²) in [6.07, 6.45) is 3.70. The summed E-state index contributed by atoms with van der Waals surface area (Å²) in [5.41, 5.74) is 6.76. The number of carbonyl (C=O) groups excluding carboxylic acids is 1. The number of nitrogens with two attached hydrogens (primary N) is 1. The summed E-state index contributed by atoms with van der Waals surface area (Å²) < 4.78 is 1.90. The number of rotatable bonds is 3. The Bertz CT molecular complexity index is 458. The number of aryl methyl sites for hydroxylation is 1. The molecule has 1 aliphatic rings. The number of carbonyl (C=O) groups is 1. The van der Waals surface area contributed by atoms with Gasteiger partial charge in [-0.25, -0.2) is 0 Å². The number of halogens is 1. The van der Waals surface area contributed by atoms with Crippen LogP contribution in [0.1, 0.15) is 37.2 Å². The van der Waals surface area contributed by atoms with Crippen LogP contribution in [0.3, 0.4) is 0 Å². The third-order valence-electron chi connectivity index (χ3n) is 4.03. The van der Waals surface area contributed by atoms with E-state index in [-0.39, 0.29) is 11.9 Å². The van der Waals surface area contributed by atoms with Crippen molar-refractivity contribution in [3.63, 3.8) is 0 Å². The van der Waals surface area contributed by atoms with E-state index in [4.69, 9.17) is 17.3 Å². The van der Waals surface area contributed by atoms with E-state index in [1.54, 1.807) is 6.07 Å². The number of hydrogen-bond donors (Lipinski definition) is 1. The summed E-state index contributed by atoms with van der Waals surface area (Å²) in [6.45, 7) is 6.38. The normalized spacial score (nSPS) is 23.7. The van der Waals surface area contributed by atoms with Crippen molar-refractivity contribution in [2.75, 3.05) is 13.1 Å². The van der Waals surface area contributed by atoms with Crippen LogP contribution in [-0.4, -0.2) is 34.5 Å². The second-order valence-corrected chi connectivity index (χ2v) is 5.64. The van der Waals surface area contributed by atoms with E-state index in [9.17, 15) is 4.79 Å². The molecule has 0 radical (unpaired) electrons. The fraction of sp³-hybridized carbons (Fsp3) is 0.643. The van der Waals surface area contributed by atoms with Gasteiger partial charge in [0, 0.05) is 31.9 Å². The zero-order valence-electron chi connectivity index (χ0n) is 11.6. The molecule has 2 atom stereocenters. The molecule has 2 N–H and O–H groups in total. The van der Waals surface area contributed by atoms with E-state index < -0.39 is 0 Å². The molecule has 0 aliphatic carbocycles. The number of aromatic nitrogens is 1. The maximum Gasteiger partial charge on any atom is 0.270 e. The van der Waals surface area contributed by atoms with Crippen LogP contribution in [0, 0.1) is 5.92 Å². The molecule has 1 amide bonds. The Morgan fingerprint density at radius 1 is 1.53 bits per heavy atom. The second kappa shape index (κ2) is 5.97. The van der Waals surface area contributed by atoms with E-state index >= 15 is 0 Å². The van der Waals surface area contributed by atoms with E-state index in [0.29, 0.717) is 16.6 Å². The molecule has 2 heterocycles. The lowest BCUT2D eigenvalue weighted by atomic mass is 9.90. The molecule has 4 nitrogen and oxygen atoms in total. The molecule has 5 heteroatoms. The van der Waals surface area contributed by atoms with Crippen LogP contribution in [0.2, 0.25) is 5.02 Å². The van der Waals surface area contributed by atoms with Crippen molar-refractivity contribution in [3.05, 3.63) is 23.0 Å². The molecular formula is C14H22ClN3O. The smallest absolute Gasteiger partial charge is 0.270 e. The highest BCUT2D eigenvalue weighted by atomic mass is 35.5. The van der Waals surface area contributed by atoms with Gasteiger partial charge in [0.15, 0.2) is 0 Å². The molecular weight excluding hydrogens is 262 g/mol. The van der Waals surface area contributed by atoms with Gasteiger partial charge in [-0.2, -0.15) is 0 Å². The molecule has 0 saturated carbocycles. The minimum Gasteiger partial charge on any atom is -0.342 e. The van der Waals surface area contributed by atoms with Crippen LogP contribution in [0.25, 0.3) is 0 Å². The Labute approximate surface area is 119 Å². The fourth-order valence-corrected chi connectivity index (χ4v) is 2.97. The van der Waals surface area contributed by atoms with Gasteiger partial charge in [-0.15, -0.1) is 0 Å². The van der Waals surface area contributed by atoms with E-state index in [2.05, 4.69) is 6.92 Å². The summed E-state index contributed by atoms with van der Waals surface area (Å²) in [6, 6.07) is 1.97. The summed E-state index contributed by atoms with van der Waals surface area (Å²) in [4.78, 5) is 14.5. The highest BCUT2D eigenvalue weighted by Crippen LogP contribution is 2.22. The van der Waals surface area contributed by atoms with E-state index in [0.717, 1.165) is 32.5 Å². The van der Waals surface area contributed by atoms with Crippen LogP contribution < -0.4 is 5.73 Å². The zero-order valence-corrected chi connectivity index (χ0v) is 12.4. The quantitative estimate of drug-likeness (QED) is 0.926. The van der Waals surface area contributed by atoms with Gasteiger partial charge >= 0.3 is 0 Å². The van der Waals surface area contributed by atoms with Crippen molar-refractivity contribution >= 4 is 17.5 Å². The second-order valence-electron chi connectivity index (χ2n) is 5.20. The predicted molar refractivity (Wildman–Crippen MR) is 77.4 cm³/mol. The van der Waals surface area contributed by atoms with Gasteiger partial charge in [-0.05, 0) is 25.3 Å². The molecule has 2 unspecified atom stereocenters. The molecule has 0 aromatic carbocycles. The van der Waals surface area contributed by atoms with Crippen molar-refractivity contribution in [2.45, 2.75) is 39.3 Å². The Morgan fingerprint density at radius 2 is 2.26 bits per heavy atom. The first-order valence-electron chi connectivity index (χ1n) is 6.97. The summed E-state index contributed by atoms with van der Waals surface area (Å²) in [5, 5.41) is 0.617. The molecule has 1 aromatic rings. The maximum absolute atomic E-state index is 12.6. The monoisotopic (exact) mass is 283 g/mol. The standard InChI is InChI=1S/C14H22ClN3O/c1-3-10-8-18(6-5-12(10)16)14(19)13-7-11(15)9-17(13)4-2/h7,9-10,12H,3-6,8,16H2,1-2H3. The fourth-order valence-electron chi connectivity index (χ4n) is 2.74. The van der Waals surface area contributed by atoms with Crippen LogP contribution in [-0.2, 0) is 6.54 Å². The topological polar surface area (TPSA) is 51.3 Å². The summed E-state index contributed by atoms with van der Waals surface area (Å²) in [5.74, 6) is 0.470. The van der Waals surface area contributed by atoms with Crippen LogP contribution in [0.5, 0.6) is 0 Å². The molecule has 1 saturated heterocycles. The van der Waals surface area contributed by atoms with Crippen molar-refractivity contribution < 1.29 is 4.79 Å². The van der Waals surface area contributed by atoms with Crippen molar-refractivity contribution in [1.82, 2.24) is 9.47 Å². The zero-order chi connectivity index (χ0) is 14.0. The Hall–Kier alpha value is -1.00. The predicted octanol–water partition coefficient (Wildman–Crippen LogP) is 2.36. The van der Waals surface area contributed by atoms with E-state index in [1.807, 2.05) is 22.6 Å². The van der Waals surface area contributed by atoms with Gasteiger partial charge in [-0.1, -0.05) is 24.9 Å². The third kappa shape index (κ3) is 2.95. The minimum absolute atomic E-state index is 0.0686. The largest absolute Gasteiger partial charge is 0.342 e. The highest BCUT2D eigenvalue weighted by molar-refractivity contribution is 6.31. The number of piperidine rings is 1. The Kier molecular flexibility index (Phi) is 4.53. The highest BCUT2D eigenvalue weighted by Gasteiger charge is 2.29. The molecule has 2 rings (SSSR count). The molecule has 0 spiro atoms. The molecule has 106 valence electrons. The third-order valence-corrected chi connectivity index (χ3v) is 4.23. The lowest BCUT2D eigenvalue weighted by molar-refractivity contribution is 0.0638. The van der Waals surface area contributed by atoms with Crippen molar-refractivity contribution in [1.29, 1.82) is 0 Å². The molecule has 1 fully saturated rings. The van der Waals surface area contributed by atoms with Gasteiger partial charge < -0.3 is 15.2 Å². The van der Waals surface area contributed by atoms with Crippen LogP contribution in [0.15, 0.2) is 12.3 Å². The lowest BCUT2D eigenvalue weighted by Crippen LogP contribution is -2.49. The average Bonchev–Trinajstić information content (AvgIpc) is 2.79. The molecule has 1 aliphatic heterocycles. The van der Waals surface area contributed by atoms with E-state index in [1.165, 1.54) is 0 Å². The van der Waals surface area contributed by atoms with Gasteiger partial charge in [0.25, 0.3) is 5.91 Å². The molecule has 19 heavy (non-hydrogen) atoms. The Morgan fingerprint density at radius 3 is 2.89 bits per heavy atom. The van der Waals surface area contributed by atoms with Crippen molar-refractivity contribution in [3.8, 4) is 0 Å². The molecule has 1 aromatic heterocycles. The first-order chi connectivity index (χ1) is 9.06. The van der Waals surface area contributed by atoms with Gasteiger partial charge in [0.1, 0.15) is 5.69 Å². The van der Waals surface area contributed by atoms with Gasteiger partial charge in [0.05, 0.1) is 5.02 Å². The van der Waals surface area contributed by atoms with Crippen LogP contribution >= 0.6 is 11.6 Å². The lowest BCUT2D eigenvalue weighted by Gasteiger charge is -2.36. The van der Waals surface area contributed by atoms with Gasteiger partial charge in [0.2, 0.25) is 0 Å². The number of nitrogens with zero attached hydrogens (tertiary/aromatic N) is 2. The minimum atomic E-state index is 0.0686. The summed E-state index contributed by atoms with van der Waals surface area (Å²) in [7, 11) is 0. The maximum atomic E-state index is 12.6. The van der Waals surface area contributed by atoms with Crippen LogP contribution in [0.4, 0.5) is 0 Å². The first kappa shape index (κ1) is 14.4. The number of likely N-dealkylation sites (tertiary alicyclic amines) is 1. The SMILES string of the molecule is CCC1CN(C(=O)c2cc(Cl)cn2CC)CCC1N. The molecule has 0 bridgehead atoms. The van der Waals surface area contributed by atoms with Crippen molar-refractivity contribution in [2.24, 2.45) is 11.7 Å². The first-order valence-corrected chi connectivity index (χ1v) is 7.35. The number of hydrogen-bond acceptors (Lipinski definition) is 2. The summed E-state index contributed by atoms with van der Waals surface area (Å²) >= 11 is 5.99. The Balaban J connectivity index is 2.15. The van der Waals surface area contributed by atoms with Gasteiger partial charge in [-0.3, -0.25) is 4.79 Å².